The molecule has 0 atom stereocenters. The summed E-state index contributed by atoms with van der Waals surface area (Å²) in [5, 5.41) is 1.37. The standard InChI is InChI=1S/C23H27N/c1-15-6-4-5-7-21(15)18-8-10-19(11-9-18)23-14-20-12-16(2)17(3)13-22(20)24-23/h4-7,12-14,18-19,24H,8-11H2,1-3H3. The molecule has 1 N–H and O–H groups in total. The predicted molar refractivity (Wildman–Crippen MR) is 103 cm³/mol. The molecule has 24 heavy (non-hydrogen) atoms. The highest BCUT2D eigenvalue weighted by Gasteiger charge is 2.25. The Balaban J connectivity index is 1.53. The number of hydrogen-bond donors (Lipinski definition) is 1. The summed E-state index contributed by atoms with van der Waals surface area (Å²) in [6.45, 7) is 6.65. The number of H-pyrrole nitrogens is 1. The maximum Gasteiger partial charge on any atom is 0.0459 e. The second kappa shape index (κ2) is 6.12. The van der Waals surface area contributed by atoms with Crippen molar-refractivity contribution in [2.24, 2.45) is 0 Å². The van der Waals surface area contributed by atoms with Crippen LogP contribution in [0.2, 0.25) is 0 Å². The van der Waals surface area contributed by atoms with Crippen molar-refractivity contribution in [2.45, 2.75) is 58.3 Å². The van der Waals surface area contributed by atoms with E-state index < -0.39 is 0 Å². The third-order valence-corrected chi connectivity index (χ3v) is 6.05. The molecule has 1 saturated carbocycles. The zero-order valence-corrected chi connectivity index (χ0v) is 15.0. The van der Waals surface area contributed by atoms with Crippen molar-refractivity contribution in [3.63, 3.8) is 0 Å². The van der Waals surface area contributed by atoms with Crippen molar-refractivity contribution in [1.29, 1.82) is 0 Å². The van der Waals surface area contributed by atoms with Gasteiger partial charge in [0.25, 0.3) is 0 Å². The average molecular weight is 317 g/mol. The minimum atomic E-state index is 0.693. The van der Waals surface area contributed by atoms with Crippen LogP contribution >= 0.6 is 0 Å². The summed E-state index contributed by atoms with van der Waals surface area (Å²) in [6, 6.07) is 15.9. The average Bonchev–Trinajstić information content (AvgIpc) is 2.99. The Morgan fingerprint density at radius 1 is 0.750 bits per heavy atom. The van der Waals surface area contributed by atoms with Crippen molar-refractivity contribution in [2.75, 3.05) is 0 Å². The van der Waals surface area contributed by atoms with Gasteiger partial charge in [-0.05, 0) is 104 Å². The van der Waals surface area contributed by atoms with Gasteiger partial charge in [-0.1, -0.05) is 24.3 Å². The van der Waals surface area contributed by atoms with Gasteiger partial charge in [0.15, 0.2) is 0 Å². The van der Waals surface area contributed by atoms with Crippen LogP contribution in [-0.2, 0) is 0 Å². The Labute approximate surface area is 145 Å². The number of rotatable bonds is 2. The maximum absolute atomic E-state index is 3.70. The topological polar surface area (TPSA) is 15.8 Å². The summed E-state index contributed by atoms with van der Waals surface area (Å²) < 4.78 is 0. The maximum atomic E-state index is 3.70. The first kappa shape index (κ1) is 15.5. The van der Waals surface area contributed by atoms with Crippen LogP contribution in [0.25, 0.3) is 10.9 Å². The van der Waals surface area contributed by atoms with E-state index in [9.17, 15) is 0 Å². The molecule has 1 aromatic heterocycles. The summed E-state index contributed by atoms with van der Waals surface area (Å²) in [5.41, 5.74) is 8.53. The molecule has 1 fully saturated rings. The Morgan fingerprint density at radius 3 is 2.17 bits per heavy atom. The molecule has 0 spiro atoms. The van der Waals surface area contributed by atoms with Gasteiger partial charge < -0.3 is 4.98 Å². The highest BCUT2D eigenvalue weighted by molar-refractivity contribution is 5.82. The number of aromatic nitrogens is 1. The number of hydrogen-bond acceptors (Lipinski definition) is 0. The molecule has 1 nitrogen and oxygen atoms in total. The molecule has 0 aliphatic heterocycles. The van der Waals surface area contributed by atoms with Crippen LogP contribution in [0.15, 0.2) is 42.5 Å². The summed E-state index contributed by atoms with van der Waals surface area (Å²) >= 11 is 0. The molecule has 1 heteroatoms. The Morgan fingerprint density at radius 2 is 1.42 bits per heavy atom. The summed E-state index contributed by atoms with van der Waals surface area (Å²) in [4.78, 5) is 3.70. The van der Waals surface area contributed by atoms with Gasteiger partial charge in [-0.15, -0.1) is 0 Å². The largest absolute Gasteiger partial charge is 0.358 e. The molecular weight excluding hydrogens is 290 g/mol. The molecule has 1 heterocycles. The van der Waals surface area contributed by atoms with Crippen LogP contribution < -0.4 is 0 Å². The molecule has 1 aliphatic carbocycles. The molecule has 1 aliphatic rings. The van der Waals surface area contributed by atoms with Crippen molar-refractivity contribution in [3.05, 3.63) is 70.4 Å². The van der Waals surface area contributed by atoms with Crippen LogP contribution in [0.3, 0.4) is 0 Å². The van der Waals surface area contributed by atoms with Gasteiger partial charge in [0.2, 0.25) is 0 Å². The van der Waals surface area contributed by atoms with Crippen molar-refractivity contribution in [1.82, 2.24) is 4.98 Å². The van der Waals surface area contributed by atoms with Crippen LogP contribution in [0, 0.1) is 20.8 Å². The van der Waals surface area contributed by atoms with Gasteiger partial charge in [-0.2, -0.15) is 0 Å². The van der Waals surface area contributed by atoms with Crippen molar-refractivity contribution in [3.8, 4) is 0 Å². The zero-order valence-electron chi connectivity index (χ0n) is 15.0. The van der Waals surface area contributed by atoms with E-state index >= 15 is 0 Å². The lowest BCUT2D eigenvalue weighted by Crippen LogP contribution is -2.13. The van der Waals surface area contributed by atoms with Gasteiger partial charge in [0.1, 0.15) is 0 Å². The fraction of sp³-hybridized carbons (Fsp3) is 0.391. The number of benzene rings is 2. The van der Waals surface area contributed by atoms with Gasteiger partial charge in [-0.25, -0.2) is 0 Å². The highest BCUT2D eigenvalue weighted by Crippen LogP contribution is 2.41. The Bertz CT molecular complexity index is 824. The third kappa shape index (κ3) is 2.77. The van der Waals surface area contributed by atoms with Crippen LogP contribution in [0.5, 0.6) is 0 Å². The molecule has 0 amide bonds. The molecule has 2 aromatic carbocycles. The molecule has 0 unspecified atom stereocenters. The second-order valence-electron chi connectivity index (χ2n) is 7.65. The normalized spacial score (nSPS) is 21.3. The van der Waals surface area contributed by atoms with Crippen molar-refractivity contribution < 1.29 is 0 Å². The summed E-state index contributed by atoms with van der Waals surface area (Å²) in [7, 11) is 0. The first-order chi connectivity index (χ1) is 11.6. The van der Waals surface area contributed by atoms with Gasteiger partial charge >= 0.3 is 0 Å². The molecule has 0 saturated heterocycles. The molecule has 124 valence electrons. The Hall–Kier alpha value is -2.02. The van der Waals surface area contributed by atoms with E-state index in [-0.39, 0.29) is 0 Å². The van der Waals surface area contributed by atoms with E-state index in [0.717, 1.165) is 5.92 Å². The molecule has 0 radical (unpaired) electrons. The number of fused-ring (bicyclic) bond motifs is 1. The first-order valence-corrected chi connectivity index (χ1v) is 9.27. The molecular formula is C23H27N. The number of aryl methyl sites for hydroxylation is 3. The first-order valence-electron chi connectivity index (χ1n) is 9.27. The minimum Gasteiger partial charge on any atom is -0.358 e. The minimum absolute atomic E-state index is 0.693. The van der Waals surface area contributed by atoms with Gasteiger partial charge in [0, 0.05) is 11.2 Å². The molecule has 4 rings (SSSR count). The van der Waals surface area contributed by atoms with E-state index in [1.54, 1.807) is 5.56 Å². The predicted octanol–water partition coefficient (Wildman–Crippen LogP) is 6.53. The quantitative estimate of drug-likeness (QED) is 0.552. The lowest BCUT2D eigenvalue weighted by Gasteiger charge is -2.29. The number of aromatic amines is 1. The van der Waals surface area contributed by atoms with E-state index in [4.69, 9.17) is 0 Å². The van der Waals surface area contributed by atoms with Crippen molar-refractivity contribution >= 4 is 10.9 Å². The third-order valence-electron chi connectivity index (χ3n) is 6.05. The lowest BCUT2D eigenvalue weighted by atomic mass is 9.76. The molecule has 0 bridgehead atoms. The monoisotopic (exact) mass is 317 g/mol. The fourth-order valence-corrected chi connectivity index (χ4v) is 4.41. The lowest BCUT2D eigenvalue weighted by molar-refractivity contribution is 0.391. The SMILES string of the molecule is Cc1cc2cc(C3CCC(c4ccccc4C)CC3)[nH]c2cc1C. The summed E-state index contributed by atoms with van der Waals surface area (Å²) in [5.74, 6) is 1.44. The smallest absolute Gasteiger partial charge is 0.0459 e. The van der Waals surface area contributed by atoms with Crippen LogP contribution in [0.1, 0.15) is 65.5 Å². The summed E-state index contributed by atoms with van der Waals surface area (Å²) in [6.07, 6.45) is 5.21. The van der Waals surface area contributed by atoms with E-state index in [1.807, 2.05) is 0 Å². The molecule has 3 aromatic rings. The second-order valence-corrected chi connectivity index (χ2v) is 7.65. The highest BCUT2D eigenvalue weighted by atomic mass is 14.7. The van der Waals surface area contributed by atoms with Gasteiger partial charge in [-0.3, -0.25) is 0 Å². The van der Waals surface area contributed by atoms with E-state index in [1.165, 1.54) is 59.0 Å². The van der Waals surface area contributed by atoms with Gasteiger partial charge in [0.05, 0.1) is 0 Å². The van der Waals surface area contributed by atoms with E-state index in [2.05, 4.69) is 68.2 Å². The number of nitrogens with one attached hydrogen (secondary N) is 1. The zero-order chi connectivity index (χ0) is 16.7. The van der Waals surface area contributed by atoms with Crippen LogP contribution in [0.4, 0.5) is 0 Å². The van der Waals surface area contributed by atoms with E-state index in [0.29, 0.717) is 5.92 Å². The van der Waals surface area contributed by atoms with Crippen LogP contribution in [-0.4, -0.2) is 4.98 Å². The Kier molecular flexibility index (Phi) is 3.96. The fourth-order valence-electron chi connectivity index (χ4n) is 4.41.